The predicted molar refractivity (Wildman–Crippen MR) is 82.3 cm³/mol. The van der Waals surface area contributed by atoms with E-state index < -0.39 is 5.56 Å². The second-order valence-electron chi connectivity index (χ2n) is 4.49. The Hall–Kier alpha value is -2.74. The van der Waals surface area contributed by atoms with E-state index in [9.17, 15) is 9.59 Å². The fourth-order valence-electron chi connectivity index (χ4n) is 1.90. The third-order valence-electron chi connectivity index (χ3n) is 2.97. The number of hydrogen-bond donors (Lipinski definition) is 2. The van der Waals surface area contributed by atoms with E-state index in [0.717, 1.165) is 10.8 Å². The molecule has 8 heteroatoms. The molecule has 0 unspecified atom stereocenters. The molecule has 0 aliphatic carbocycles. The minimum absolute atomic E-state index is 0.109. The van der Waals surface area contributed by atoms with Crippen LogP contribution in [0.5, 0.6) is 0 Å². The van der Waals surface area contributed by atoms with E-state index in [4.69, 9.17) is 0 Å². The van der Waals surface area contributed by atoms with E-state index in [2.05, 4.69) is 20.4 Å². The van der Waals surface area contributed by atoms with Crippen LogP contribution >= 0.6 is 11.3 Å². The summed E-state index contributed by atoms with van der Waals surface area (Å²) in [7, 11) is 0. The van der Waals surface area contributed by atoms with Crippen molar-refractivity contribution >= 4 is 17.2 Å². The second kappa shape index (κ2) is 6.35. The molecule has 0 aliphatic heterocycles. The smallest absolute Gasteiger partial charge is 0.260 e. The quantitative estimate of drug-likeness (QED) is 0.734. The average molecular weight is 315 g/mol. The number of rotatable bonds is 5. The first-order valence-electron chi connectivity index (χ1n) is 6.64. The third-order valence-corrected chi connectivity index (χ3v) is 3.85. The Morgan fingerprint density at radius 2 is 2.32 bits per heavy atom. The van der Waals surface area contributed by atoms with Gasteiger partial charge in [0.1, 0.15) is 5.56 Å². The van der Waals surface area contributed by atoms with E-state index >= 15 is 0 Å². The van der Waals surface area contributed by atoms with Gasteiger partial charge in [0.05, 0.1) is 5.69 Å². The lowest BCUT2D eigenvalue weighted by Crippen LogP contribution is -2.30. The van der Waals surface area contributed by atoms with Crippen molar-refractivity contribution < 1.29 is 4.79 Å². The molecular weight excluding hydrogens is 302 g/mol. The Labute approximate surface area is 129 Å². The summed E-state index contributed by atoms with van der Waals surface area (Å²) >= 11 is 1.49. The molecule has 22 heavy (non-hydrogen) atoms. The summed E-state index contributed by atoms with van der Waals surface area (Å²) in [5.41, 5.74) is 0.588. The van der Waals surface area contributed by atoms with E-state index in [1.54, 1.807) is 16.9 Å². The first kappa shape index (κ1) is 14.2. The molecule has 0 saturated heterocycles. The number of aromatic amines is 1. The van der Waals surface area contributed by atoms with Crippen LogP contribution in [0.2, 0.25) is 0 Å². The van der Waals surface area contributed by atoms with Gasteiger partial charge in [0.15, 0.2) is 0 Å². The highest BCUT2D eigenvalue weighted by atomic mass is 32.1. The number of amides is 1. The van der Waals surface area contributed by atoms with Crippen LogP contribution in [0.4, 0.5) is 0 Å². The van der Waals surface area contributed by atoms with E-state index in [1.807, 2.05) is 17.6 Å². The van der Waals surface area contributed by atoms with Gasteiger partial charge in [-0.1, -0.05) is 0 Å². The molecule has 0 aliphatic rings. The highest BCUT2D eigenvalue weighted by Gasteiger charge is 2.09. The van der Waals surface area contributed by atoms with Gasteiger partial charge in [0, 0.05) is 36.9 Å². The number of nitrogens with one attached hydrogen (secondary N) is 2. The Morgan fingerprint density at radius 3 is 3.09 bits per heavy atom. The third kappa shape index (κ3) is 3.12. The van der Waals surface area contributed by atoms with Crippen LogP contribution in [0.15, 0.2) is 47.0 Å². The van der Waals surface area contributed by atoms with Gasteiger partial charge in [-0.05, 0) is 18.2 Å². The highest BCUT2D eigenvalue weighted by Crippen LogP contribution is 2.13. The van der Waals surface area contributed by atoms with Crippen molar-refractivity contribution in [1.29, 1.82) is 0 Å². The Kier molecular flexibility index (Phi) is 4.10. The number of nitrogens with zero attached hydrogens (tertiary/aromatic N) is 3. The standard InChI is InChI=1S/C14H13N5O2S/c20-12-11(3-1-5-15-12)13(21)16-7-4-10-9-22-14(18-10)19-8-2-6-17-19/h1-3,5-6,8-9H,4,7H2,(H,15,20)(H,16,21). The fourth-order valence-corrected chi connectivity index (χ4v) is 2.70. The van der Waals surface area contributed by atoms with Crippen molar-refractivity contribution in [2.45, 2.75) is 6.42 Å². The molecule has 3 aromatic rings. The second-order valence-corrected chi connectivity index (χ2v) is 5.33. The first-order valence-corrected chi connectivity index (χ1v) is 7.52. The van der Waals surface area contributed by atoms with Crippen molar-refractivity contribution in [3.05, 3.63) is 63.8 Å². The summed E-state index contributed by atoms with van der Waals surface area (Å²) in [6, 6.07) is 4.94. The molecule has 0 fully saturated rings. The lowest BCUT2D eigenvalue weighted by Gasteiger charge is -2.02. The summed E-state index contributed by atoms with van der Waals surface area (Å²) in [6.07, 6.45) is 5.60. The van der Waals surface area contributed by atoms with E-state index in [-0.39, 0.29) is 11.5 Å². The zero-order valence-corrected chi connectivity index (χ0v) is 12.3. The summed E-state index contributed by atoms with van der Waals surface area (Å²) in [5, 5.41) is 9.54. The Morgan fingerprint density at radius 1 is 1.41 bits per heavy atom. The van der Waals surface area contributed by atoms with Gasteiger partial charge in [0.25, 0.3) is 11.5 Å². The zero-order chi connectivity index (χ0) is 15.4. The Bertz CT molecular complexity index is 822. The summed E-state index contributed by atoms with van der Waals surface area (Å²) in [4.78, 5) is 30.3. The van der Waals surface area contributed by atoms with E-state index in [1.165, 1.54) is 23.6 Å². The van der Waals surface area contributed by atoms with Gasteiger partial charge >= 0.3 is 0 Å². The van der Waals surface area contributed by atoms with Gasteiger partial charge in [-0.2, -0.15) is 5.10 Å². The zero-order valence-electron chi connectivity index (χ0n) is 11.5. The van der Waals surface area contributed by atoms with Crippen LogP contribution in [0.3, 0.4) is 0 Å². The number of carbonyl (C=O) groups excluding carboxylic acids is 1. The highest BCUT2D eigenvalue weighted by molar-refractivity contribution is 7.12. The molecular formula is C14H13N5O2S. The number of aromatic nitrogens is 4. The number of hydrogen-bond acceptors (Lipinski definition) is 5. The fraction of sp³-hybridized carbons (Fsp3) is 0.143. The summed E-state index contributed by atoms with van der Waals surface area (Å²) in [5.74, 6) is -0.385. The van der Waals surface area contributed by atoms with Gasteiger partial charge in [-0.25, -0.2) is 9.67 Å². The van der Waals surface area contributed by atoms with Crippen LogP contribution in [0.25, 0.3) is 5.13 Å². The minimum Gasteiger partial charge on any atom is -0.351 e. The molecule has 2 N–H and O–H groups in total. The van der Waals surface area contributed by atoms with Gasteiger partial charge in [-0.15, -0.1) is 11.3 Å². The largest absolute Gasteiger partial charge is 0.351 e. The Balaban J connectivity index is 1.56. The number of carbonyl (C=O) groups is 1. The maximum Gasteiger partial charge on any atom is 0.260 e. The average Bonchev–Trinajstić information content (AvgIpc) is 3.18. The molecule has 3 rings (SSSR count). The molecule has 7 nitrogen and oxygen atoms in total. The van der Waals surface area contributed by atoms with Crippen molar-refractivity contribution in [3.63, 3.8) is 0 Å². The van der Waals surface area contributed by atoms with Crippen LogP contribution in [-0.2, 0) is 6.42 Å². The SMILES string of the molecule is O=C(NCCc1csc(-n2cccn2)n1)c1ccc[nH]c1=O. The topological polar surface area (TPSA) is 92.7 Å². The maximum atomic E-state index is 11.9. The van der Waals surface area contributed by atoms with E-state index in [0.29, 0.717) is 13.0 Å². The lowest BCUT2D eigenvalue weighted by molar-refractivity contribution is 0.0952. The normalized spacial score (nSPS) is 10.5. The van der Waals surface area contributed by atoms with Crippen LogP contribution < -0.4 is 10.9 Å². The van der Waals surface area contributed by atoms with Crippen molar-refractivity contribution in [2.24, 2.45) is 0 Å². The molecule has 1 amide bonds. The van der Waals surface area contributed by atoms with Crippen LogP contribution in [-0.4, -0.2) is 32.2 Å². The van der Waals surface area contributed by atoms with Crippen LogP contribution in [0.1, 0.15) is 16.1 Å². The number of thiazole rings is 1. The summed E-state index contributed by atoms with van der Waals surface area (Å²) in [6.45, 7) is 0.412. The van der Waals surface area contributed by atoms with Crippen molar-refractivity contribution in [3.8, 4) is 5.13 Å². The summed E-state index contributed by atoms with van der Waals surface area (Å²) < 4.78 is 1.69. The molecule has 0 saturated carbocycles. The monoisotopic (exact) mass is 315 g/mol. The van der Waals surface area contributed by atoms with Crippen molar-refractivity contribution in [2.75, 3.05) is 6.54 Å². The van der Waals surface area contributed by atoms with Crippen LogP contribution in [0, 0.1) is 0 Å². The predicted octanol–water partition coefficient (Wildman–Crippen LogP) is 0.990. The minimum atomic E-state index is -0.394. The molecule has 0 bridgehead atoms. The first-order chi connectivity index (χ1) is 10.7. The van der Waals surface area contributed by atoms with Gasteiger partial charge in [-0.3, -0.25) is 9.59 Å². The molecule has 112 valence electrons. The molecule has 3 aromatic heterocycles. The molecule has 3 heterocycles. The van der Waals surface area contributed by atoms with Crippen molar-refractivity contribution in [1.82, 2.24) is 25.1 Å². The van der Waals surface area contributed by atoms with Gasteiger partial charge < -0.3 is 10.3 Å². The maximum absolute atomic E-state index is 11.9. The number of pyridine rings is 1. The molecule has 0 aromatic carbocycles. The van der Waals surface area contributed by atoms with Gasteiger partial charge in [0.2, 0.25) is 5.13 Å². The lowest BCUT2D eigenvalue weighted by atomic mass is 10.2. The molecule has 0 atom stereocenters. The molecule has 0 radical (unpaired) electrons. The molecule has 0 spiro atoms. The number of H-pyrrole nitrogens is 1.